The Morgan fingerprint density at radius 2 is 2.00 bits per heavy atom. The van der Waals surface area contributed by atoms with E-state index < -0.39 is 12.0 Å². The van der Waals surface area contributed by atoms with E-state index >= 15 is 0 Å². The molecule has 2 aliphatic rings. The molecule has 2 fully saturated rings. The average molecular weight is 317 g/mol. The molecule has 2 unspecified atom stereocenters. The first-order chi connectivity index (χ1) is 10.9. The Morgan fingerprint density at radius 1 is 1.30 bits per heavy atom. The van der Waals surface area contributed by atoms with E-state index in [1.165, 1.54) is 0 Å². The lowest BCUT2D eigenvalue weighted by Gasteiger charge is -2.23. The number of nitrogens with one attached hydrogen (secondary N) is 1. The second kappa shape index (κ2) is 5.96. The number of ether oxygens (including phenoxy) is 1. The molecular formula is C18H23NO4. The topological polar surface area (TPSA) is 75.6 Å². The third-order valence-electron chi connectivity index (χ3n) is 5.49. The van der Waals surface area contributed by atoms with E-state index in [0.717, 1.165) is 30.4 Å². The van der Waals surface area contributed by atoms with Gasteiger partial charge >= 0.3 is 5.97 Å². The predicted octanol–water partition coefficient (Wildman–Crippen LogP) is 2.36. The quantitative estimate of drug-likeness (QED) is 0.894. The monoisotopic (exact) mass is 317 g/mol. The maximum atomic E-state index is 12.5. The summed E-state index contributed by atoms with van der Waals surface area (Å²) in [5, 5.41) is 12.3. The van der Waals surface area contributed by atoms with Crippen LogP contribution in [0.15, 0.2) is 18.2 Å². The van der Waals surface area contributed by atoms with Crippen LogP contribution in [0.2, 0.25) is 0 Å². The van der Waals surface area contributed by atoms with E-state index in [2.05, 4.69) is 5.32 Å². The number of hydrogen-bond acceptors (Lipinski definition) is 3. The summed E-state index contributed by atoms with van der Waals surface area (Å²) in [7, 11) is 0. The van der Waals surface area contributed by atoms with Gasteiger partial charge < -0.3 is 15.2 Å². The fourth-order valence-corrected chi connectivity index (χ4v) is 3.65. The molecule has 1 aliphatic heterocycles. The van der Waals surface area contributed by atoms with Crippen molar-refractivity contribution in [2.45, 2.75) is 39.2 Å². The number of rotatable bonds is 4. The number of carbonyl (C=O) groups excluding carboxylic acids is 1. The van der Waals surface area contributed by atoms with Gasteiger partial charge in [-0.1, -0.05) is 18.2 Å². The largest absolute Gasteiger partial charge is 0.479 e. The molecule has 0 aromatic heterocycles. The van der Waals surface area contributed by atoms with Crippen molar-refractivity contribution in [3.05, 3.63) is 34.9 Å². The number of carboxylic acids is 1. The zero-order valence-corrected chi connectivity index (χ0v) is 13.6. The van der Waals surface area contributed by atoms with Gasteiger partial charge in [0, 0.05) is 19.1 Å². The molecule has 5 heteroatoms. The Morgan fingerprint density at radius 3 is 2.65 bits per heavy atom. The van der Waals surface area contributed by atoms with Crippen LogP contribution in [0.25, 0.3) is 0 Å². The van der Waals surface area contributed by atoms with Crippen molar-refractivity contribution in [2.75, 3.05) is 13.2 Å². The normalized spacial score (nSPS) is 23.3. The second-order valence-electron chi connectivity index (χ2n) is 6.80. The SMILES string of the molecule is Cc1cccc(C(NC(=O)C2CC23CCOCC3)C(=O)O)c1C. The van der Waals surface area contributed by atoms with Crippen LogP contribution in [0.5, 0.6) is 0 Å². The lowest BCUT2D eigenvalue weighted by molar-refractivity contribution is -0.142. The molecule has 0 bridgehead atoms. The standard InChI is InChI=1S/C18H23NO4/c1-11-4-3-5-13(12(11)2)15(17(21)22)19-16(20)14-10-18(14)6-8-23-9-7-18/h3-5,14-15H,6-10H2,1-2H3,(H,19,20)(H,21,22). The molecule has 3 rings (SSSR count). The van der Waals surface area contributed by atoms with Crippen LogP contribution < -0.4 is 5.32 Å². The fourth-order valence-electron chi connectivity index (χ4n) is 3.65. The second-order valence-corrected chi connectivity index (χ2v) is 6.80. The van der Waals surface area contributed by atoms with Gasteiger partial charge in [0.05, 0.1) is 0 Å². The molecule has 2 N–H and O–H groups in total. The first-order valence-electron chi connectivity index (χ1n) is 8.12. The van der Waals surface area contributed by atoms with E-state index in [1.54, 1.807) is 6.07 Å². The third kappa shape index (κ3) is 2.98. The third-order valence-corrected chi connectivity index (χ3v) is 5.49. The smallest absolute Gasteiger partial charge is 0.330 e. The highest BCUT2D eigenvalue weighted by Crippen LogP contribution is 2.59. The summed E-state index contributed by atoms with van der Waals surface area (Å²) >= 11 is 0. The summed E-state index contributed by atoms with van der Waals surface area (Å²) < 4.78 is 5.36. The maximum absolute atomic E-state index is 12.5. The van der Waals surface area contributed by atoms with Crippen molar-refractivity contribution < 1.29 is 19.4 Å². The van der Waals surface area contributed by atoms with Crippen LogP contribution in [0.1, 0.15) is 42.0 Å². The Labute approximate surface area is 136 Å². The minimum atomic E-state index is -1.02. The van der Waals surface area contributed by atoms with E-state index in [1.807, 2.05) is 26.0 Å². The summed E-state index contributed by atoms with van der Waals surface area (Å²) in [5.41, 5.74) is 2.65. The summed E-state index contributed by atoms with van der Waals surface area (Å²) in [4.78, 5) is 24.2. The molecule has 1 amide bonds. The number of hydrogen-bond donors (Lipinski definition) is 2. The van der Waals surface area contributed by atoms with Crippen molar-refractivity contribution in [1.29, 1.82) is 0 Å². The van der Waals surface area contributed by atoms with Crippen LogP contribution in [-0.2, 0) is 14.3 Å². The van der Waals surface area contributed by atoms with Gasteiger partial charge in [-0.2, -0.15) is 0 Å². The van der Waals surface area contributed by atoms with Crippen molar-refractivity contribution in [1.82, 2.24) is 5.32 Å². The highest BCUT2D eigenvalue weighted by molar-refractivity contribution is 5.88. The lowest BCUT2D eigenvalue weighted by atomic mass is 9.93. The van der Waals surface area contributed by atoms with E-state index in [9.17, 15) is 14.7 Å². The molecule has 1 aromatic rings. The summed E-state index contributed by atoms with van der Waals surface area (Å²) in [6.45, 7) is 5.23. The lowest BCUT2D eigenvalue weighted by Crippen LogP contribution is -2.37. The molecule has 2 atom stereocenters. The summed E-state index contributed by atoms with van der Waals surface area (Å²) in [6, 6.07) is 4.56. The number of aryl methyl sites for hydroxylation is 1. The van der Waals surface area contributed by atoms with Crippen molar-refractivity contribution in [3.8, 4) is 0 Å². The molecule has 1 saturated carbocycles. The molecule has 1 spiro atoms. The number of aliphatic carboxylic acids is 1. The fraction of sp³-hybridized carbons (Fsp3) is 0.556. The maximum Gasteiger partial charge on any atom is 0.330 e. The van der Waals surface area contributed by atoms with E-state index in [-0.39, 0.29) is 17.2 Å². The minimum absolute atomic E-state index is 0.0486. The number of amides is 1. The number of carbonyl (C=O) groups is 2. The van der Waals surface area contributed by atoms with Crippen LogP contribution in [0.3, 0.4) is 0 Å². The molecule has 1 aliphatic carbocycles. The van der Waals surface area contributed by atoms with Gasteiger partial charge in [-0.05, 0) is 55.2 Å². The summed E-state index contributed by atoms with van der Waals surface area (Å²) in [5.74, 6) is -1.23. The van der Waals surface area contributed by atoms with Crippen molar-refractivity contribution >= 4 is 11.9 Å². The van der Waals surface area contributed by atoms with Crippen LogP contribution in [-0.4, -0.2) is 30.2 Å². The first-order valence-corrected chi connectivity index (χ1v) is 8.12. The average Bonchev–Trinajstić information content (AvgIpc) is 3.21. The van der Waals surface area contributed by atoms with E-state index in [4.69, 9.17) is 4.74 Å². The van der Waals surface area contributed by atoms with Gasteiger partial charge in [0.2, 0.25) is 5.91 Å². The Kier molecular flexibility index (Phi) is 4.15. The van der Waals surface area contributed by atoms with Gasteiger partial charge in [-0.15, -0.1) is 0 Å². The Balaban J connectivity index is 1.75. The zero-order chi connectivity index (χ0) is 16.6. The molecule has 5 nitrogen and oxygen atoms in total. The molecule has 23 heavy (non-hydrogen) atoms. The number of benzene rings is 1. The molecule has 0 radical (unpaired) electrons. The van der Waals surface area contributed by atoms with Gasteiger partial charge in [0.15, 0.2) is 6.04 Å². The van der Waals surface area contributed by atoms with Crippen LogP contribution in [0, 0.1) is 25.2 Å². The predicted molar refractivity (Wildman–Crippen MR) is 85.0 cm³/mol. The molecule has 1 heterocycles. The van der Waals surface area contributed by atoms with Gasteiger partial charge in [0.25, 0.3) is 0 Å². The first kappa shape index (κ1) is 16.0. The van der Waals surface area contributed by atoms with Gasteiger partial charge in [-0.3, -0.25) is 4.79 Å². The zero-order valence-electron chi connectivity index (χ0n) is 13.6. The van der Waals surface area contributed by atoms with Crippen LogP contribution in [0.4, 0.5) is 0 Å². The summed E-state index contributed by atoms with van der Waals surface area (Å²) in [6.07, 6.45) is 2.64. The molecular weight excluding hydrogens is 294 g/mol. The highest BCUT2D eigenvalue weighted by Gasteiger charge is 2.58. The number of carboxylic acid groups (broad SMARTS) is 1. The van der Waals surface area contributed by atoms with Gasteiger partial charge in [0.1, 0.15) is 0 Å². The Bertz CT molecular complexity index is 634. The van der Waals surface area contributed by atoms with Crippen molar-refractivity contribution in [3.63, 3.8) is 0 Å². The minimum Gasteiger partial charge on any atom is -0.479 e. The van der Waals surface area contributed by atoms with Crippen molar-refractivity contribution in [2.24, 2.45) is 11.3 Å². The Hall–Kier alpha value is -1.88. The molecule has 124 valence electrons. The molecule has 1 aromatic carbocycles. The highest BCUT2D eigenvalue weighted by atomic mass is 16.5. The molecule has 1 saturated heterocycles. The van der Waals surface area contributed by atoms with Gasteiger partial charge in [-0.25, -0.2) is 4.79 Å². The van der Waals surface area contributed by atoms with E-state index in [0.29, 0.717) is 18.8 Å². The van der Waals surface area contributed by atoms with Crippen LogP contribution >= 0.6 is 0 Å².